The van der Waals surface area contributed by atoms with Crippen molar-refractivity contribution in [1.29, 1.82) is 0 Å². The van der Waals surface area contributed by atoms with E-state index in [4.69, 9.17) is 9.47 Å². The summed E-state index contributed by atoms with van der Waals surface area (Å²) in [6.07, 6.45) is 2.14. The van der Waals surface area contributed by atoms with Crippen molar-refractivity contribution < 1.29 is 14.3 Å². The first kappa shape index (κ1) is 17.9. The Balaban J connectivity index is 1.57. The van der Waals surface area contributed by atoms with Crippen molar-refractivity contribution in [2.45, 2.75) is 45.9 Å². The number of benzene rings is 1. The molecule has 5 nitrogen and oxygen atoms in total. The fourth-order valence-electron chi connectivity index (χ4n) is 2.62. The minimum Gasteiger partial charge on any atom is -0.486 e. The Morgan fingerprint density at radius 2 is 2.12 bits per heavy atom. The molecular weight excluding hydrogens is 336 g/mol. The van der Waals surface area contributed by atoms with E-state index >= 15 is 0 Å². The fraction of sp³-hybridized carbons (Fsp3) is 0.474. The smallest absolute Gasteiger partial charge is 0.249 e. The van der Waals surface area contributed by atoms with E-state index in [0.29, 0.717) is 19.2 Å². The lowest BCUT2D eigenvalue weighted by atomic mass is 10.1. The van der Waals surface area contributed by atoms with Crippen LogP contribution in [0.25, 0.3) is 0 Å². The molecule has 0 bridgehead atoms. The predicted octanol–water partition coefficient (Wildman–Crippen LogP) is 3.48. The molecule has 0 unspecified atom stereocenters. The molecule has 0 N–H and O–H groups in total. The van der Waals surface area contributed by atoms with Gasteiger partial charge >= 0.3 is 0 Å². The lowest BCUT2D eigenvalue weighted by Gasteiger charge is -2.20. The number of methoxy groups -OCH3 is 1. The van der Waals surface area contributed by atoms with Gasteiger partial charge in [0.15, 0.2) is 0 Å². The Labute approximate surface area is 152 Å². The molecule has 0 radical (unpaired) electrons. The standard InChI is InChI=1S/C19H24N2O3S/c1-13-4-7-17(8-14(13)2)24-10-18-20-15(12-25-18)9-21(16-5-6-16)19(22)11-23-3/h4,7-8,12,16H,5-6,9-11H2,1-3H3. The summed E-state index contributed by atoms with van der Waals surface area (Å²) in [6.45, 7) is 5.29. The number of carbonyl (C=O) groups is 1. The number of thiazole rings is 1. The minimum absolute atomic E-state index is 0.0333. The molecule has 25 heavy (non-hydrogen) atoms. The molecule has 1 aromatic heterocycles. The summed E-state index contributed by atoms with van der Waals surface area (Å²) in [5.41, 5.74) is 3.39. The van der Waals surface area contributed by atoms with E-state index in [2.05, 4.69) is 24.9 Å². The van der Waals surface area contributed by atoms with Gasteiger partial charge in [-0.2, -0.15) is 0 Å². The number of nitrogens with zero attached hydrogens (tertiary/aromatic N) is 2. The first-order chi connectivity index (χ1) is 12.1. The second-order valence-electron chi connectivity index (χ2n) is 6.45. The van der Waals surface area contributed by atoms with Crippen LogP contribution < -0.4 is 4.74 Å². The van der Waals surface area contributed by atoms with Crippen LogP contribution >= 0.6 is 11.3 Å². The van der Waals surface area contributed by atoms with Crippen molar-refractivity contribution >= 4 is 17.2 Å². The van der Waals surface area contributed by atoms with Crippen molar-refractivity contribution in [3.63, 3.8) is 0 Å². The lowest BCUT2D eigenvalue weighted by Crippen LogP contribution is -2.35. The Morgan fingerprint density at radius 3 is 2.80 bits per heavy atom. The van der Waals surface area contributed by atoms with Crippen molar-refractivity contribution in [3.8, 4) is 5.75 Å². The lowest BCUT2D eigenvalue weighted by molar-refractivity contribution is -0.136. The van der Waals surface area contributed by atoms with Crippen molar-refractivity contribution in [1.82, 2.24) is 9.88 Å². The van der Waals surface area contributed by atoms with E-state index in [1.54, 1.807) is 18.4 Å². The Hall–Kier alpha value is -1.92. The number of aryl methyl sites for hydroxylation is 2. The van der Waals surface area contributed by atoms with Crippen LogP contribution in [0, 0.1) is 13.8 Å². The van der Waals surface area contributed by atoms with Gasteiger partial charge in [0.2, 0.25) is 5.91 Å². The third-order valence-corrected chi connectivity index (χ3v) is 5.22. The van der Waals surface area contributed by atoms with Gasteiger partial charge in [0.05, 0.1) is 12.2 Å². The van der Waals surface area contributed by atoms with Gasteiger partial charge in [-0.3, -0.25) is 4.79 Å². The van der Waals surface area contributed by atoms with E-state index in [-0.39, 0.29) is 12.5 Å². The molecule has 1 aromatic carbocycles. The number of aromatic nitrogens is 1. The Kier molecular flexibility index (Phi) is 5.71. The third-order valence-electron chi connectivity index (χ3n) is 4.35. The largest absolute Gasteiger partial charge is 0.486 e. The summed E-state index contributed by atoms with van der Waals surface area (Å²) in [4.78, 5) is 18.7. The summed E-state index contributed by atoms with van der Waals surface area (Å²) in [7, 11) is 1.55. The Morgan fingerprint density at radius 1 is 1.32 bits per heavy atom. The van der Waals surface area contributed by atoms with Gasteiger partial charge in [0, 0.05) is 18.5 Å². The molecule has 0 atom stereocenters. The van der Waals surface area contributed by atoms with Crippen molar-refractivity contribution in [2.75, 3.05) is 13.7 Å². The van der Waals surface area contributed by atoms with Crippen LogP contribution in [0.2, 0.25) is 0 Å². The number of rotatable bonds is 8. The molecule has 6 heteroatoms. The van der Waals surface area contributed by atoms with E-state index in [1.807, 2.05) is 22.4 Å². The predicted molar refractivity (Wildman–Crippen MR) is 97.8 cm³/mol. The maximum absolute atomic E-state index is 12.2. The van der Waals surface area contributed by atoms with Crippen LogP contribution in [0.3, 0.4) is 0 Å². The average Bonchev–Trinajstić information content (AvgIpc) is 3.33. The number of hydrogen-bond donors (Lipinski definition) is 0. The van der Waals surface area contributed by atoms with Gasteiger partial charge in [-0.05, 0) is 49.9 Å². The summed E-state index contributed by atoms with van der Waals surface area (Å²) in [5.74, 6) is 0.889. The van der Waals surface area contributed by atoms with Crippen molar-refractivity contribution in [2.24, 2.45) is 0 Å². The number of carbonyl (C=O) groups excluding carboxylic acids is 1. The quantitative estimate of drug-likeness (QED) is 0.723. The Bertz CT molecular complexity index is 740. The second kappa shape index (κ2) is 7.97. The van der Waals surface area contributed by atoms with Gasteiger partial charge in [-0.15, -0.1) is 11.3 Å². The number of ether oxygens (including phenoxy) is 2. The van der Waals surface area contributed by atoms with Gasteiger partial charge in [-0.1, -0.05) is 6.07 Å². The van der Waals surface area contributed by atoms with Crippen LogP contribution in [0.4, 0.5) is 0 Å². The fourth-order valence-corrected chi connectivity index (χ4v) is 3.32. The van der Waals surface area contributed by atoms with Gasteiger partial charge < -0.3 is 14.4 Å². The molecular formula is C19H24N2O3S. The third kappa shape index (κ3) is 4.80. The highest BCUT2D eigenvalue weighted by Crippen LogP contribution is 2.29. The minimum atomic E-state index is 0.0333. The average molecular weight is 360 g/mol. The molecule has 0 aliphatic heterocycles. The SMILES string of the molecule is COCC(=O)N(Cc1csc(COc2ccc(C)c(C)c2)n1)C1CC1. The van der Waals surface area contributed by atoms with Crippen LogP contribution in [0.15, 0.2) is 23.6 Å². The highest BCUT2D eigenvalue weighted by Gasteiger charge is 2.32. The summed E-state index contributed by atoms with van der Waals surface area (Å²) >= 11 is 1.57. The molecule has 3 rings (SSSR count). The first-order valence-electron chi connectivity index (χ1n) is 8.48. The van der Waals surface area contributed by atoms with Crippen LogP contribution in [-0.4, -0.2) is 35.5 Å². The summed E-state index contributed by atoms with van der Waals surface area (Å²) < 4.78 is 10.8. The van der Waals surface area contributed by atoms with Crippen molar-refractivity contribution in [3.05, 3.63) is 45.4 Å². The van der Waals surface area contributed by atoms with Crippen LogP contribution in [-0.2, 0) is 22.7 Å². The van der Waals surface area contributed by atoms with Crippen LogP contribution in [0.5, 0.6) is 5.75 Å². The summed E-state index contributed by atoms with van der Waals surface area (Å²) in [5, 5.41) is 2.93. The molecule has 0 spiro atoms. The zero-order valence-corrected chi connectivity index (χ0v) is 15.8. The molecule has 1 saturated carbocycles. The molecule has 1 aliphatic carbocycles. The normalized spacial score (nSPS) is 13.7. The molecule has 1 fully saturated rings. The van der Waals surface area contributed by atoms with E-state index in [9.17, 15) is 4.79 Å². The van der Waals surface area contributed by atoms with Gasteiger partial charge in [-0.25, -0.2) is 4.98 Å². The second-order valence-corrected chi connectivity index (χ2v) is 7.40. The molecule has 1 heterocycles. The maximum Gasteiger partial charge on any atom is 0.249 e. The van der Waals surface area contributed by atoms with E-state index in [0.717, 1.165) is 29.3 Å². The topological polar surface area (TPSA) is 51.7 Å². The molecule has 2 aromatic rings. The van der Waals surface area contributed by atoms with Crippen LogP contribution in [0.1, 0.15) is 34.7 Å². The molecule has 1 amide bonds. The molecule has 0 saturated heterocycles. The maximum atomic E-state index is 12.2. The highest BCUT2D eigenvalue weighted by atomic mass is 32.1. The highest BCUT2D eigenvalue weighted by molar-refractivity contribution is 7.09. The monoisotopic (exact) mass is 360 g/mol. The van der Waals surface area contributed by atoms with E-state index in [1.165, 1.54) is 11.1 Å². The molecule has 1 aliphatic rings. The summed E-state index contributed by atoms with van der Waals surface area (Å²) in [6, 6.07) is 6.43. The van der Waals surface area contributed by atoms with Gasteiger partial charge in [0.1, 0.15) is 24.0 Å². The zero-order valence-electron chi connectivity index (χ0n) is 14.9. The zero-order chi connectivity index (χ0) is 17.8. The number of amides is 1. The first-order valence-corrected chi connectivity index (χ1v) is 9.36. The van der Waals surface area contributed by atoms with Gasteiger partial charge in [0.25, 0.3) is 0 Å². The van der Waals surface area contributed by atoms with E-state index < -0.39 is 0 Å². The molecule has 134 valence electrons. The number of hydrogen-bond acceptors (Lipinski definition) is 5.